The highest BCUT2D eigenvalue weighted by Gasteiger charge is 2.14. The van der Waals surface area contributed by atoms with Gasteiger partial charge in [-0.05, 0) is 60.2 Å². The molecule has 0 unspecified atom stereocenters. The van der Waals surface area contributed by atoms with E-state index in [4.69, 9.17) is 9.84 Å². The Morgan fingerprint density at radius 2 is 1.75 bits per heavy atom. The number of aryl methyl sites for hydroxylation is 1. The summed E-state index contributed by atoms with van der Waals surface area (Å²) in [6, 6.07) is 19.8. The lowest BCUT2D eigenvalue weighted by atomic mass is 9.97. The fraction of sp³-hybridized carbons (Fsp3) is 0.226. The summed E-state index contributed by atoms with van der Waals surface area (Å²) in [5.41, 5.74) is 4.71. The van der Waals surface area contributed by atoms with Crippen molar-refractivity contribution in [3.05, 3.63) is 106 Å². The van der Waals surface area contributed by atoms with Gasteiger partial charge in [-0.2, -0.15) is 0 Å². The highest BCUT2D eigenvalue weighted by atomic mass is 16.5. The minimum absolute atomic E-state index is 0.0557. The lowest BCUT2D eigenvalue weighted by Crippen LogP contribution is -2.22. The molecule has 0 fully saturated rings. The molecule has 3 aromatic carbocycles. The van der Waals surface area contributed by atoms with Gasteiger partial charge in [-0.25, -0.2) is 9.78 Å². The number of hydrogen-bond donors (Lipinski definition) is 3. The van der Waals surface area contributed by atoms with Crippen molar-refractivity contribution < 1.29 is 19.4 Å². The fourth-order valence-corrected chi connectivity index (χ4v) is 4.35. The number of nitrogens with one attached hydrogen (secondary N) is 2. The zero-order chi connectivity index (χ0) is 28.6. The van der Waals surface area contributed by atoms with Gasteiger partial charge in [-0.15, -0.1) is 0 Å². The van der Waals surface area contributed by atoms with Gasteiger partial charge in [-0.3, -0.25) is 14.2 Å². The molecule has 1 heterocycles. The zero-order valence-electron chi connectivity index (χ0n) is 22.7. The smallest absolute Gasteiger partial charge is 0.323 e. The summed E-state index contributed by atoms with van der Waals surface area (Å²) in [6.45, 7) is 6.30. The maximum Gasteiger partial charge on any atom is 0.323 e. The van der Waals surface area contributed by atoms with Gasteiger partial charge in [0.2, 0.25) is 0 Å². The lowest BCUT2D eigenvalue weighted by Gasteiger charge is -2.15. The molecule has 3 N–H and O–H groups in total. The van der Waals surface area contributed by atoms with E-state index in [1.54, 1.807) is 18.2 Å². The molecule has 9 heteroatoms. The van der Waals surface area contributed by atoms with Gasteiger partial charge >= 0.3 is 12.0 Å². The van der Waals surface area contributed by atoms with E-state index in [2.05, 4.69) is 15.6 Å². The number of urea groups is 1. The zero-order valence-corrected chi connectivity index (χ0v) is 22.7. The maximum absolute atomic E-state index is 13.4. The van der Waals surface area contributed by atoms with Gasteiger partial charge in [0.15, 0.2) is 0 Å². The topological polar surface area (TPSA) is 123 Å². The van der Waals surface area contributed by atoms with E-state index in [1.807, 2.05) is 69.3 Å². The first-order chi connectivity index (χ1) is 19.2. The molecule has 0 saturated heterocycles. The van der Waals surface area contributed by atoms with Crippen molar-refractivity contribution in [2.75, 3.05) is 17.2 Å². The van der Waals surface area contributed by atoms with Crippen LogP contribution >= 0.6 is 0 Å². The summed E-state index contributed by atoms with van der Waals surface area (Å²) in [6.07, 6.45) is 3.06. The summed E-state index contributed by atoms with van der Waals surface area (Å²) in [5, 5.41) is 14.7. The third kappa shape index (κ3) is 6.93. The lowest BCUT2D eigenvalue weighted by molar-refractivity contribution is -0.137. The van der Waals surface area contributed by atoms with Crippen LogP contribution < -0.4 is 20.9 Å². The molecule has 0 radical (unpaired) electrons. The highest BCUT2D eigenvalue weighted by molar-refractivity contribution is 6.01. The Labute approximate surface area is 232 Å². The molecule has 0 spiro atoms. The molecule has 2 amide bonds. The number of carbonyl (C=O) groups excluding carboxylic acids is 1. The Kier molecular flexibility index (Phi) is 8.96. The van der Waals surface area contributed by atoms with Crippen molar-refractivity contribution in [2.45, 2.75) is 39.7 Å². The number of ether oxygens (including phenoxy) is 1. The van der Waals surface area contributed by atoms with E-state index in [0.29, 0.717) is 41.4 Å². The number of carboxylic acid groups (broad SMARTS) is 1. The SMILES string of the molecule is CCOc1cc(-c2cncn(Cc3ccc([C@@H](C)CC(=O)O)cc3)c2=O)ccc1NC(=O)Nc1ccccc1C. The van der Waals surface area contributed by atoms with Crippen LogP contribution in [0, 0.1) is 6.92 Å². The van der Waals surface area contributed by atoms with Crippen molar-refractivity contribution in [3.63, 3.8) is 0 Å². The van der Waals surface area contributed by atoms with Crippen molar-refractivity contribution in [1.29, 1.82) is 0 Å². The number of benzene rings is 3. The molecule has 9 nitrogen and oxygen atoms in total. The average Bonchev–Trinajstić information content (AvgIpc) is 2.92. The molecule has 0 aliphatic rings. The Morgan fingerprint density at radius 3 is 2.45 bits per heavy atom. The van der Waals surface area contributed by atoms with E-state index in [9.17, 15) is 14.4 Å². The van der Waals surface area contributed by atoms with Crippen LogP contribution in [0.3, 0.4) is 0 Å². The number of aliphatic carboxylic acids is 1. The van der Waals surface area contributed by atoms with Crippen LogP contribution in [0.25, 0.3) is 11.1 Å². The molecule has 1 atom stereocenters. The predicted octanol–water partition coefficient (Wildman–Crippen LogP) is 5.89. The normalized spacial score (nSPS) is 11.5. The standard InChI is InChI=1S/C31H32N4O5/c1-4-40-28-16-24(13-14-27(28)34-31(39)33-26-8-6-5-7-20(26)2)25-17-32-19-35(30(25)38)18-22-9-11-23(12-10-22)21(3)15-29(36)37/h5-14,16-17,19,21H,4,15,18H2,1-3H3,(H,36,37)(H2,33,34,39)/t21-/m0/s1. The third-order valence-electron chi connectivity index (χ3n) is 6.52. The second kappa shape index (κ2) is 12.8. The number of hydrogen-bond acceptors (Lipinski definition) is 5. The molecule has 0 saturated carbocycles. The first-order valence-electron chi connectivity index (χ1n) is 13.0. The van der Waals surface area contributed by atoms with Crippen LogP contribution in [0.4, 0.5) is 16.2 Å². The van der Waals surface area contributed by atoms with E-state index >= 15 is 0 Å². The molecule has 1 aromatic heterocycles. The van der Waals surface area contributed by atoms with Gasteiger partial charge in [0, 0.05) is 11.9 Å². The Morgan fingerprint density at radius 1 is 1.02 bits per heavy atom. The second-order valence-corrected chi connectivity index (χ2v) is 9.52. The quantitative estimate of drug-likeness (QED) is 0.231. The van der Waals surface area contributed by atoms with Crippen molar-refractivity contribution in [1.82, 2.24) is 9.55 Å². The van der Waals surface area contributed by atoms with Crippen LogP contribution in [0.1, 0.15) is 42.9 Å². The molecule has 4 aromatic rings. The first kappa shape index (κ1) is 28.1. The summed E-state index contributed by atoms with van der Waals surface area (Å²) in [4.78, 5) is 41.3. The average molecular weight is 541 g/mol. The van der Waals surface area contributed by atoms with E-state index in [-0.39, 0.29) is 17.9 Å². The number of anilines is 2. The second-order valence-electron chi connectivity index (χ2n) is 9.52. The number of carboxylic acids is 1. The Bertz CT molecular complexity index is 1560. The molecular weight excluding hydrogens is 508 g/mol. The predicted molar refractivity (Wildman–Crippen MR) is 155 cm³/mol. The minimum Gasteiger partial charge on any atom is -0.492 e. The third-order valence-corrected chi connectivity index (χ3v) is 6.52. The number of amides is 2. The summed E-state index contributed by atoms with van der Waals surface area (Å²) in [5.74, 6) is -0.515. The number of para-hydroxylation sites is 1. The number of rotatable bonds is 10. The minimum atomic E-state index is -0.840. The highest BCUT2D eigenvalue weighted by Crippen LogP contribution is 2.30. The van der Waals surface area contributed by atoms with E-state index < -0.39 is 12.0 Å². The molecular formula is C31H32N4O5. The van der Waals surface area contributed by atoms with E-state index in [0.717, 1.165) is 16.7 Å². The van der Waals surface area contributed by atoms with Crippen molar-refractivity contribution >= 4 is 23.4 Å². The number of aromatic nitrogens is 2. The van der Waals surface area contributed by atoms with Crippen molar-refractivity contribution in [2.24, 2.45) is 0 Å². The number of nitrogens with zero attached hydrogens (tertiary/aromatic N) is 2. The molecule has 206 valence electrons. The van der Waals surface area contributed by atoms with E-state index in [1.165, 1.54) is 17.1 Å². The van der Waals surface area contributed by atoms with Crippen molar-refractivity contribution in [3.8, 4) is 16.9 Å². The maximum atomic E-state index is 13.4. The fourth-order valence-electron chi connectivity index (χ4n) is 4.35. The molecule has 0 bridgehead atoms. The van der Waals surface area contributed by atoms with Gasteiger partial charge < -0.3 is 20.5 Å². The Hall–Kier alpha value is -4.92. The molecule has 4 rings (SSSR count). The summed E-state index contributed by atoms with van der Waals surface area (Å²) >= 11 is 0. The molecule has 0 aliphatic heterocycles. The van der Waals surface area contributed by atoms with Gasteiger partial charge in [0.05, 0.1) is 37.2 Å². The van der Waals surface area contributed by atoms with Gasteiger partial charge in [0.1, 0.15) is 5.75 Å². The van der Waals surface area contributed by atoms with Gasteiger partial charge in [0.25, 0.3) is 5.56 Å². The van der Waals surface area contributed by atoms with Crippen LogP contribution in [0.15, 0.2) is 84.0 Å². The summed E-state index contributed by atoms with van der Waals surface area (Å²) < 4.78 is 7.31. The first-order valence-corrected chi connectivity index (χ1v) is 13.0. The van der Waals surface area contributed by atoms with Crippen LogP contribution in [0.2, 0.25) is 0 Å². The molecule has 40 heavy (non-hydrogen) atoms. The van der Waals surface area contributed by atoms with Crippen LogP contribution in [-0.2, 0) is 11.3 Å². The monoisotopic (exact) mass is 540 g/mol. The molecule has 0 aliphatic carbocycles. The van der Waals surface area contributed by atoms with Gasteiger partial charge in [-0.1, -0.05) is 55.5 Å². The number of carbonyl (C=O) groups is 2. The van der Waals surface area contributed by atoms with Crippen LogP contribution in [-0.4, -0.2) is 33.3 Å². The van der Waals surface area contributed by atoms with Crippen LogP contribution in [0.5, 0.6) is 5.75 Å². The Balaban J connectivity index is 1.53. The largest absolute Gasteiger partial charge is 0.492 e. The summed E-state index contributed by atoms with van der Waals surface area (Å²) in [7, 11) is 0.